The van der Waals surface area contributed by atoms with Crippen LogP contribution in [0, 0.1) is 5.92 Å². The summed E-state index contributed by atoms with van der Waals surface area (Å²) in [6, 6.07) is 6.08. The molecule has 1 amide bonds. The molecule has 0 aromatic heterocycles. The second-order valence-electron chi connectivity index (χ2n) is 7.22. The molecule has 0 heterocycles. The molecule has 0 radical (unpaired) electrons. The van der Waals surface area contributed by atoms with Crippen molar-refractivity contribution in [3.8, 4) is 11.5 Å². The molecule has 0 unspecified atom stereocenters. The van der Waals surface area contributed by atoms with E-state index in [9.17, 15) is 4.79 Å². The van der Waals surface area contributed by atoms with Gasteiger partial charge in [0.2, 0.25) is 5.91 Å². The molecular weight excluding hydrogens is 368 g/mol. The number of methoxy groups -OCH3 is 1. The van der Waals surface area contributed by atoms with Crippen molar-refractivity contribution in [3.63, 3.8) is 0 Å². The fourth-order valence-electron chi connectivity index (χ4n) is 3.19. The molecule has 1 aromatic rings. The van der Waals surface area contributed by atoms with Gasteiger partial charge in [0, 0.05) is 32.6 Å². The predicted molar refractivity (Wildman–Crippen MR) is 117 cm³/mol. The molecule has 1 aliphatic carbocycles. The summed E-state index contributed by atoms with van der Waals surface area (Å²) < 4.78 is 11.0. The molecule has 0 aliphatic heterocycles. The number of ether oxygens (including phenoxy) is 2. The summed E-state index contributed by atoms with van der Waals surface area (Å²) in [6.07, 6.45) is 6.09. The van der Waals surface area contributed by atoms with E-state index in [2.05, 4.69) is 27.0 Å². The first-order valence-electron chi connectivity index (χ1n) is 10.7. The summed E-state index contributed by atoms with van der Waals surface area (Å²) in [4.78, 5) is 16.0. The number of hydrogen-bond donors (Lipinski definition) is 3. The van der Waals surface area contributed by atoms with Crippen molar-refractivity contribution >= 4 is 11.9 Å². The number of carbonyl (C=O) groups excluding carboxylic acids is 1. The highest BCUT2D eigenvalue weighted by Crippen LogP contribution is 2.28. The highest BCUT2D eigenvalue weighted by atomic mass is 16.5. The molecule has 3 N–H and O–H groups in total. The van der Waals surface area contributed by atoms with Crippen LogP contribution in [-0.4, -0.2) is 52.3 Å². The van der Waals surface area contributed by atoms with Crippen LogP contribution in [0.3, 0.4) is 0 Å². The van der Waals surface area contributed by atoms with Crippen LogP contribution in [-0.2, 0) is 11.2 Å². The van der Waals surface area contributed by atoms with Crippen molar-refractivity contribution in [2.45, 2.75) is 45.4 Å². The lowest BCUT2D eigenvalue weighted by atomic mass is 9.85. The van der Waals surface area contributed by atoms with Gasteiger partial charge in [0.05, 0.1) is 13.7 Å². The van der Waals surface area contributed by atoms with E-state index >= 15 is 0 Å². The maximum atomic E-state index is 11.8. The summed E-state index contributed by atoms with van der Waals surface area (Å²) in [5.41, 5.74) is 1.22. The van der Waals surface area contributed by atoms with Crippen molar-refractivity contribution in [3.05, 3.63) is 23.8 Å². The summed E-state index contributed by atoms with van der Waals surface area (Å²) in [5.74, 6) is 2.82. The Bertz CT molecular complexity index is 659. The topological polar surface area (TPSA) is 84.0 Å². The molecule has 29 heavy (non-hydrogen) atoms. The van der Waals surface area contributed by atoms with E-state index in [1.807, 2.05) is 19.1 Å². The third-order valence-corrected chi connectivity index (χ3v) is 5.11. The van der Waals surface area contributed by atoms with Gasteiger partial charge >= 0.3 is 0 Å². The maximum absolute atomic E-state index is 11.8. The fourth-order valence-corrected chi connectivity index (χ4v) is 3.19. The zero-order valence-electron chi connectivity index (χ0n) is 18.1. The minimum atomic E-state index is 0.213. The van der Waals surface area contributed by atoms with Gasteiger partial charge in [-0.05, 0) is 56.7 Å². The van der Waals surface area contributed by atoms with E-state index in [4.69, 9.17) is 9.47 Å². The van der Waals surface area contributed by atoms with Gasteiger partial charge in [-0.2, -0.15) is 0 Å². The lowest BCUT2D eigenvalue weighted by Crippen LogP contribution is -2.40. The Morgan fingerprint density at radius 1 is 1.10 bits per heavy atom. The molecule has 0 atom stereocenters. The summed E-state index contributed by atoms with van der Waals surface area (Å²) >= 11 is 0. The third-order valence-electron chi connectivity index (χ3n) is 5.11. The Morgan fingerprint density at radius 2 is 1.83 bits per heavy atom. The van der Waals surface area contributed by atoms with E-state index in [0.717, 1.165) is 62.7 Å². The van der Waals surface area contributed by atoms with Crippen LogP contribution in [0.5, 0.6) is 11.5 Å². The highest BCUT2D eigenvalue weighted by molar-refractivity contribution is 5.80. The van der Waals surface area contributed by atoms with Gasteiger partial charge in [0.25, 0.3) is 0 Å². The Balaban J connectivity index is 1.59. The molecule has 162 valence electrons. The first kappa shape index (κ1) is 22.8. The maximum Gasteiger partial charge on any atom is 0.223 e. The Labute approximate surface area is 174 Å². The van der Waals surface area contributed by atoms with Crippen LogP contribution in [0.15, 0.2) is 23.2 Å². The molecule has 1 aromatic carbocycles. The summed E-state index contributed by atoms with van der Waals surface area (Å²) in [7, 11) is 3.42. The summed E-state index contributed by atoms with van der Waals surface area (Å²) in [6.45, 7) is 4.90. The number of nitrogens with zero attached hydrogens (tertiary/aromatic N) is 1. The molecule has 0 spiro atoms. The number of rotatable bonds is 12. The summed E-state index contributed by atoms with van der Waals surface area (Å²) in [5, 5.41) is 9.63. The second kappa shape index (κ2) is 12.9. The molecule has 1 saturated carbocycles. The third kappa shape index (κ3) is 7.83. The van der Waals surface area contributed by atoms with Crippen LogP contribution in [0.4, 0.5) is 0 Å². The van der Waals surface area contributed by atoms with E-state index in [0.29, 0.717) is 13.2 Å². The zero-order chi connectivity index (χ0) is 20.9. The number of aliphatic imine (C=N–C) groups is 1. The average Bonchev–Trinajstić information content (AvgIpc) is 2.68. The standard InChI is InChI=1S/C22H36N4O3/c1-4-29-20-16-17(11-12-19(20)28-3)8-6-13-25-22(23-2)26-15-7-14-24-21(27)18-9-5-10-18/h11-12,16,18H,4-10,13-15H2,1-3H3,(H,24,27)(H2,23,25,26). The first-order chi connectivity index (χ1) is 14.2. The molecule has 0 bridgehead atoms. The normalized spacial score (nSPS) is 14.1. The van der Waals surface area contributed by atoms with Crippen molar-refractivity contribution in [1.29, 1.82) is 0 Å². The van der Waals surface area contributed by atoms with Crippen molar-refractivity contribution in [2.75, 3.05) is 40.4 Å². The SMILES string of the molecule is CCOc1cc(CCCNC(=NC)NCCCNC(=O)C2CCC2)ccc1OC. The number of amides is 1. The lowest BCUT2D eigenvalue weighted by molar-refractivity contribution is -0.127. The fraction of sp³-hybridized carbons (Fsp3) is 0.636. The predicted octanol–water partition coefficient (Wildman–Crippen LogP) is 2.50. The smallest absolute Gasteiger partial charge is 0.223 e. The minimum absolute atomic E-state index is 0.213. The first-order valence-corrected chi connectivity index (χ1v) is 10.7. The van der Waals surface area contributed by atoms with E-state index in [1.54, 1.807) is 14.2 Å². The Morgan fingerprint density at radius 3 is 2.45 bits per heavy atom. The van der Waals surface area contributed by atoms with Crippen molar-refractivity contribution < 1.29 is 14.3 Å². The van der Waals surface area contributed by atoms with Gasteiger partial charge in [0.15, 0.2) is 17.5 Å². The van der Waals surface area contributed by atoms with E-state index < -0.39 is 0 Å². The molecule has 7 nitrogen and oxygen atoms in total. The molecule has 2 rings (SSSR count). The molecule has 1 aliphatic rings. The lowest BCUT2D eigenvalue weighted by Gasteiger charge is -2.24. The van der Waals surface area contributed by atoms with Gasteiger partial charge in [-0.1, -0.05) is 12.5 Å². The van der Waals surface area contributed by atoms with Crippen LogP contribution in [0.2, 0.25) is 0 Å². The van der Waals surface area contributed by atoms with Crippen LogP contribution >= 0.6 is 0 Å². The number of nitrogens with one attached hydrogen (secondary N) is 3. The molecular formula is C22H36N4O3. The number of guanidine groups is 1. The van der Waals surface area contributed by atoms with Crippen LogP contribution < -0.4 is 25.4 Å². The van der Waals surface area contributed by atoms with Crippen LogP contribution in [0.1, 0.15) is 44.6 Å². The molecule has 0 saturated heterocycles. The largest absolute Gasteiger partial charge is 0.493 e. The second-order valence-corrected chi connectivity index (χ2v) is 7.22. The minimum Gasteiger partial charge on any atom is -0.493 e. The van der Waals surface area contributed by atoms with Crippen LogP contribution in [0.25, 0.3) is 0 Å². The number of aryl methyl sites for hydroxylation is 1. The highest BCUT2D eigenvalue weighted by Gasteiger charge is 2.24. The van der Waals surface area contributed by atoms with Gasteiger partial charge < -0.3 is 25.4 Å². The van der Waals surface area contributed by atoms with Gasteiger partial charge in [-0.15, -0.1) is 0 Å². The van der Waals surface area contributed by atoms with Crippen molar-refractivity contribution in [2.24, 2.45) is 10.9 Å². The number of hydrogen-bond acceptors (Lipinski definition) is 4. The molecule has 1 fully saturated rings. The number of benzene rings is 1. The van der Waals surface area contributed by atoms with Crippen molar-refractivity contribution in [1.82, 2.24) is 16.0 Å². The zero-order valence-corrected chi connectivity index (χ0v) is 18.1. The van der Waals surface area contributed by atoms with E-state index in [1.165, 1.54) is 12.0 Å². The van der Waals surface area contributed by atoms with E-state index in [-0.39, 0.29) is 11.8 Å². The Hall–Kier alpha value is -2.44. The van der Waals surface area contributed by atoms with Gasteiger partial charge in [-0.25, -0.2) is 0 Å². The average molecular weight is 405 g/mol. The molecule has 7 heteroatoms. The number of carbonyl (C=O) groups is 1. The van der Waals surface area contributed by atoms with Gasteiger partial charge in [-0.3, -0.25) is 9.79 Å². The quantitative estimate of drug-likeness (QED) is 0.283. The monoisotopic (exact) mass is 404 g/mol. The Kier molecular flexibility index (Phi) is 10.2. The van der Waals surface area contributed by atoms with Gasteiger partial charge in [0.1, 0.15) is 0 Å².